The molecule has 0 saturated heterocycles. The summed E-state index contributed by atoms with van der Waals surface area (Å²) in [5.74, 6) is -1.19. The first-order valence-corrected chi connectivity index (χ1v) is 7.01. The molecule has 0 spiro atoms. The molecule has 1 saturated carbocycles. The molecule has 0 aromatic heterocycles. The van der Waals surface area contributed by atoms with Gasteiger partial charge in [0.15, 0.2) is 0 Å². The number of carboxylic acids is 1. The Labute approximate surface area is 124 Å². The minimum Gasteiger partial charge on any atom is -0.496 e. The van der Waals surface area contributed by atoms with Crippen LogP contribution < -0.4 is 10.1 Å². The molecular weight excluding hydrogens is 270 g/mol. The lowest BCUT2D eigenvalue weighted by Gasteiger charge is -2.27. The van der Waals surface area contributed by atoms with Crippen molar-refractivity contribution in [1.82, 2.24) is 5.32 Å². The van der Waals surface area contributed by atoms with Gasteiger partial charge in [-0.15, -0.1) is 0 Å². The number of aliphatic carboxylic acids is 1. The van der Waals surface area contributed by atoms with E-state index in [2.05, 4.69) is 5.32 Å². The lowest BCUT2D eigenvalue weighted by Crippen LogP contribution is -2.46. The maximum atomic E-state index is 12.1. The van der Waals surface area contributed by atoms with Gasteiger partial charge in [0.05, 0.1) is 18.9 Å². The Bertz CT molecular complexity index is 553. The van der Waals surface area contributed by atoms with Crippen molar-refractivity contribution < 1.29 is 19.4 Å². The van der Waals surface area contributed by atoms with Gasteiger partial charge in [0, 0.05) is 5.54 Å². The molecule has 0 heterocycles. The van der Waals surface area contributed by atoms with Crippen LogP contribution >= 0.6 is 0 Å². The van der Waals surface area contributed by atoms with Crippen molar-refractivity contribution in [2.75, 3.05) is 7.11 Å². The molecule has 2 N–H and O–H groups in total. The lowest BCUT2D eigenvalue weighted by molar-refractivity contribution is -0.140. The second-order valence-electron chi connectivity index (χ2n) is 6.15. The zero-order chi connectivity index (χ0) is 15.6. The standard InChI is InChI=1S/C16H21NO4/c1-16(2,9-10-6-4-5-7-13(10)21-3)17-14(18)11-8-12(11)15(19)20/h4-7,11-12H,8-9H2,1-3H3,(H,17,18)(H,19,20)/t11-,12+/m1/s1. The number of carbonyl (C=O) groups is 2. The molecule has 1 fully saturated rings. The average Bonchev–Trinajstić information content (AvgIpc) is 3.18. The number of hydrogen-bond donors (Lipinski definition) is 2. The van der Waals surface area contributed by atoms with Crippen molar-refractivity contribution in [2.24, 2.45) is 11.8 Å². The van der Waals surface area contributed by atoms with Crippen molar-refractivity contribution >= 4 is 11.9 Å². The third kappa shape index (κ3) is 3.74. The Hall–Kier alpha value is -2.04. The normalized spacial score (nSPS) is 20.7. The zero-order valence-corrected chi connectivity index (χ0v) is 12.6. The molecule has 1 aliphatic rings. The van der Waals surface area contributed by atoms with Gasteiger partial charge in [0.1, 0.15) is 5.75 Å². The van der Waals surface area contributed by atoms with E-state index in [4.69, 9.17) is 9.84 Å². The van der Waals surface area contributed by atoms with E-state index in [0.29, 0.717) is 12.8 Å². The minimum absolute atomic E-state index is 0.178. The van der Waals surface area contributed by atoms with Crippen molar-refractivity contribution in [1.29, 1.82) is 0 Å². The number of ether oxygens (including phenoxy) is 1. The highest BCUT2D eigenvalue weighted by atomic mass is 16.5. The summed E-state index contributed by atoms with van der Waals surface area (Å²) in [6.07, 6.45) is 1.05. The Balaban J connectivity index is 1.99. The number of rotatable bonds is 6. The topological polar surface area (TPSA) is 75.6 Å². The molecule has 1 aromatic carbocycles. The summed E-state index contributed by atoms with van der Waals surface area (Å²) >= 11 is 0. The molecule has 0 aliphatic heterocycles. The maximum Gasteiger partial charge on any atom is 0.307 e. The number of methoxy groups -OCH3 is 1. The van der Waals surface area contributed by atoms with E-state index in [9.17, 15) is 9.59 Å². The van der Waals surface area contributed by atoms with Gasteiger partial charge in [-0.05, 0) is 38.3 Å². The van der Waals surface area contributed by atoms with Crippen LogP contribution in [0.3, 0.4) is 0 Å². The van der Waals surface area contributed by atoms with Crippen molar-refractivity contribution in [3.63, 3.8) is 0 Å². The number of carboxylic acid groups (broad SMARTS) is 1. The third-order valence-corrected chi connectivity index (χ3v) is 3.73. The van der Waals surface area contributed by atoms with Gasteiger partial charge in [-0.1, -0.05) is 18.2 Å². The predicted molar refractivity (Wildman–Crippen MR) is 78.2 cm³/mol. The van der Waals surface area contributed by atoms with Crippen molar-refractivity contribution in [3.8, 4) is 5.75 Å². The molecular formula is C16H21NO4. The number of carbonyl (C=O) groups excluding carboxylic acids is 1. The van der Waals surface area contributed by atoms with E-state index >= 15 is 0 Å². The SMILES string of the molecule is COc1ccccc1CC(C)(C)NC(=O)[C@@H]1C[C@@H]1C(=O)O. The number of hydrogen-bond acceptors (Lipinski definition) is 3. The summed E-state index contributed by atoms with van der Waals surface area (Å²) in [4.78, 5) is 22.9. The molecule has 0 bridgehead atoms. The Kier molecular flexibility index (Phi) is 4.21. The van der Waals surface area contributed by atoms with E-state index < -0.39 is 17.4 Å². The van der Waals surface area contributed by atoms with Crippen LogP contribution in [0.15, 0.2) is 24.3 Å². The van der Waals surface area contributed by atoms with Crippen LogP contribution in [0.25, 0.3) is 0 Å². The molecule has 1 amide bonds. The molecule has 1 aromatic rings. The van der Waals surface area contributed by atoms with Gasteiger partial charge in [0.2, 0.25) is 5.91 Å². The maximum absolute atomic E-state index is 12.1. The van der Waals surface area contributed by atoms with E-state index in [1.54, 1.807) is 7.11 Å². The molecule has 21 heavy (non-hydrogen) atoms. The Morgan fingerprint density at radius 2 is 2.00 bits per heavy atom. The van der Waals surface area contributed by atoms with Gasteiger partial charge >= 0.3 is 5.97 Å². The van der Waals surface area contributed by atoms with Crippen LogP contribution in [0, 0.1) is 11.8 Å². The lowest BCUT2D eigenvalue weighted by atomic mass is 9.94. The largest absolute Gasteiger partial charge is 0.496 e. The second-order valence-corrected chi connectivity index (χ2v) is 6.15. The van der Waals surface area contributed by atoms with Gasteiger partial charge in [-0.25, -0.2) is 0 Å². The average molecular weight is 291 g/mol. The molecule has 2 rings (SSSR count). The van der Waals surface area contributed by atoms with E-state index in [1.807, 2.05) is 38.1 Å². The second kappa shape index (κ2) is 5.76. The quantitative estimate of drug-likeness (QED) is 0.838. The van der Waals surface area contributed by atoms with Crippen LogP contribution in [0.4, 0.5) is 0 Å². The van der Waals surface area contributed by atoms with E-state index in [1.165, 1.54) is 0 Å². The van der Waals surface area contributed by atoms with Crippen LogP contribution in [0.1, 0.15) is 25.8 Å². The van der Waals surface area contributed by atoms with Crippen LogP contribution in [0.2, 0.25) is 0 Å². The molecule has 0 unspecified atom stereocenters. The number of amides is 1. The van der Waals surface area contributed by atoms with Crippen LogP contribution in [-0.4, -0.2) is 29.6 Å². The molecule has 114 valence electrons. The summed E-state index contributed by atoms with van der Waals surface area (Å²) in [7, 11) is 1.62. The fourth-order valence-electron chi connectivity index (χ4n) is 2.55. The zero-order valence-electron chi connectivity index (χ0n) is 12.6. The van der Waals surface area contributed by atoms with Crippen molar-refractivity contribution in [3.05, 3.63) is 29.8 Å². The number of para-hydroxylation sites is 1. The van der Waals surface area contributed by atoms with Crippen LogP contribution in [0.5, 0.6) is 5.75 Å². The summed E-state index contributed by atoms with van der Waals surface area (Å²) in [6.45, 7) is 3.85. The van der Waals surface area contributed by atoms with E-state index in [0.717, 1.165) is 11.3 Å². The highest BCUT2D eigenvalue weighted by molar-refractivity contribution is 5.89. The molecule has 1 aliphatic carbocycles. The van der Waals surface area contributed by atoms with Gasteiger partial charge in [-0.2, -0.15) is 0 Å². The van der Waals surface area contributed by atoms with Crippen molar-refractivity contribution in [2.45, 2.75) is 32.2 Å². The van der Waals surface area contributed by atoms with E-state index in [-0.39, 0.29) is 11.8 Å². The summed E-state index contributed by atoms with van der Waals surface area (Å²) in [5.41, 5.74) is 0.549. The Morgan fingerprint density at radius 1 is 1.33 bits per heavy atom. The number of nitrogens with one attached hydrogen (secondary N) is 1. The van der Waals surface area contributed by atoms with Gasteiger partial charge < -0.3 is 15.2 Å². The summed E-state index contributed by atoms with van der Waals surface area (Å²) in [6, 6.07) is 7.67. The predicted octanol–water partition coefficient (Wildman–Crippen LogP) is 1.85. The third-order valence-electron chi connectivity index (χ3n) is 3.73. The smallest absolute Gasteiger partial charge is 0.307 e. The minimum atomic E-state index is -0.891. The highest BCUT2D eigenvalue weighted by Gasteiger charge is 2.49. The van der Waals surface area contributed by atoms with Crippen LogP contribution in [-0.2, 0) is 16.0 Å². The highest BCUT2D eigenvalue weighted by Crippen LogP contribution is 2.39. The molecule has 5 nitrogen and oxygen atoms in total. The van der Waals surface area contributed by atoms with Gasteiger partial charge in [0.25, 0.3) is 0 Å². The first kappa shape index (κ1) is 15.4. The number of benzene rings is 1. The summed E-state index contributed by atoms with van der Waals surface area (Å²) in [5, 5.41) is 11.8. The fraction of sp³-hybridized carbons (Fsp3) is 0.500. The molecule has 5 heteroatoms. The summed E-state index contributed by atoms with van der Waals surface area (Å²) < 4.78 is 5.31. The fourth-order valence-corrected chi connectivity index (χ4v) is 2.55. The first-order valence-electron chi connectivity index (χ1n) is 7.01. The Morgan fingerprint density at radius 3 is 2.57 bits per heavy atom. The molecule has 0 radical (unpaired) electrons. The first-order chi connectivity index (χ1) is 9.84. The van der Waals surface area contributed by atoms with Gasteiger partial charge in [-0.3, -0.25) is 9.59 Å². The monoisotopic (exact) mass is 291 g/mol. The molecule has 2 atom stereocenters.